The number of nitrogens with zero attached hydrogens (tertiary/aromatic N) is 2. The standard InChI is InChI=1S/C23H27N3O3S/c1-23(2,17-11-5-3-6-12-17)24-22(27)21-19-15-9-10-16-20(19)26(25-21)30(28,29)18-13-7-4-8-14-18/h3,5-6,9-12,15-16,18H,4,7-8,13-14H2,1-2H3,(H,24,27). The smallest absolute Gasteiger partial charge is 0.273 e. The summed E-state index contributed by atoms with van der Waals surface area (Å²) in [7, 11) is -3.67. The Balaban J connectivity index is 1.73. The number of nitrogens with one attached hydrogen (secondary N) is 1. The molecule has 1 aliphatic rings. The Morgan fingerprint density at radius 1 is 1.00 bits per heavy atom. The number of rotatable bonds is 5. The molecule has 30 heavy (non-hydrogen) atoms. The fourth-order valence-electron chi connectivity index (χ4n) is 4.18. The van der Waals surface area contributed by atoms with Crippen molar-refractivity contribution < 1.29 is 13.2 Å². The van der Waals surface area contributed by atoms with Crippen LogP contribution in [0, 0.1) is 0 Å². The molecule has 2 aromatic carbocycles. The molecule has 3 aromatic rings. The summed E-state index contributed by atoms with van der Waals surface area (Å²) >= 11 is 0. The lowest BCUT2D eigenvalue weighted by molar-refractivity contribution is 0.0908. The molecular weight excluding hydrogens is 398 g/mol. The van der Waals surface area contributed by atoms with E-state index in [-0.39, 0.29) is 5.69 Å². The highest BCUT2D eigenvalue weighted by atomic mass is 32.2. The Kier molecular flexibility index (Phi) is 5.40. The van der Waals surface area contributed by atoms with Crippen molar-refractivity contribution in [1.29, 1.82) is 0 Å². The first-order valence-electron chi connectivity index (χ1n) is 10.4. The van der Waals surface area contributed by atoms with Crippen molar-refractivity contribution in [1.82, 2.24) is 14.5 Å². The van der Waals surface area contributed by atoms with E-state index in [0.717, 1.165) is 28.9 Å². The fraction of sp³-hybridized carbons (Fsp3) is 0.391. The van der Waals surface area contributed by atoms with Crippen LogP contribution >= 0.6 is 0 Å². The number of para-hydroxylation sites is 1. The second kappa shape index (κ2) is 7.87. The number of amides is 1. The van der Waals surface area contributed by atoms with Gasteiger partial charge in [-0.3, -0.25) is 4.79 Å². The molecule has 6 nitrogen and oxygen atoms in total. The Morgan fingerprint density at radius 3 is 2.33 bits per heavy atom. The molecule has 1 amide bonds. The Morgan fingerprint density at radius 2 is 1.63 bits per heavy atom. The highest BCUT2D eigenvalue weighted by Gasteiger charge is 2.33. The molecule has 158 valence electrons. The van der Waals surface area contributed by atoms with Crippen LogP contribution in [0.3, 0.4) is 0 Å². The number of benzene rings is 2. The van der Waals surface area contributed by atoms with E-state index in [9.17, 15) is 13.2 Å². The van der Waals surface area contributed by atoms with Crippen LogP contribution < -0.4 is 5.32 Å². The highest BCUT2D eigenvalue weighted by Crippen LogP contribution is 2.29. The summed E-state index contributed by atoms with van der Waals surface area (Å²) in [4.78, 5) is 13.2. The van der Waals surface area contributed by atoms with Gasteiger partial charge in [0, 0.05) is 5.39 Å². The van der Waals surface area contributed by atoms with E-state index in [4.69, 9.17) is 0 Å². The Labute approximate surface area is 177 Å². The fourth-order valence-corrected chi connectivity index (χ4v) is 6.02. The molecular formula is C23H27N3O3S. The lowest BCUT2D eigenvalue weighted by Crippen LogP contribution is -2.41. The lowest BCUT2D eigenvalue weighted by Gasteiger charge is -2.26. The van der Waals surface area contributed by atoms with Gasteiger partial charge in [0.1, 0.15) is 0 Å². The van der Waals surface area contributed by atoms with Gasteiger partial charge in [-0.25, -0.2) is 8.42 Å². The Bertz CT molecular complexity index is 1160. The number of carbonyl (C=O) groups is 1. The van der Waals surface area contributed by atoms with Crippen molar-refractivity contribution in [2.75, 3.05) is 0 Å². The zero-order chi connectivity index (χ0) is 21.4. The van der Waals surface area contributed by atoms with Crippen LogP contribution in [0.4, 0.5) is 0 Å². The third kappa shape index (κ3) is 3.74. The summed E-state index contributed by atoms with van der Waals surface area (Å²) in [6, 6.07) is 16.7. The maximum absolute atomic E-state index is 13.3. The normalized spacial score (nSPS) is 15.9. The zero-order valence-electron chi connectivity index (χ0n) is 17.3. The van der Waals surface area contributed by atoms with Crippen LogP contribution in [0.25, 0.3) is 10.9 Å². The monoisotopic (exact) mass is 425 g/mol. The van der Waals surface area contributed by atoms with Crippen LogP contribution in [-0.4, -0.2) is 28.8 Å². The molecule has 0 aliphatic heterocycles. The molecule has 1 aliphatic carbocycles. The van der Waals surface area contributed by atoms with E-state index in [1.165, 1.54) is 0 Å². The summed E-state index contributed by atoms with van der Waals surface area (Å²) in [5, 5.41) is 7.43. The van der Waals surface area contributed by atoms with Gasteiger partial charge in [0.2, 0.25) is 0 Å². The van der Waals surface area contributed by atoms with Crippen molar-refractivity contribution in [3.8, 4) is 0 Å². The molecule has 1 aromatic heterocycles. The summed E-state index contributed by atoms with van der Waals surface area (Å²) in [6.07, 6.45) is 4.15. The van der Waals surface area contributed by atoms with Crippen molar-refractivity contribution in [2.45, 2.75) is 56.7 Å². The number of fused-ring (bicyclic) bond motifs is 1. The van der Waals surface area contributed by atoms with Gasteiger partial charge < -0.3 is 5.32 Å². The molecule has 0 atom stereocenters. The maximum Gasteiger partial charge on any atom is 0.273 e. The minimum absolute atomic E-state index is 0.133. The minimum Gasteiger partial charge on any atom is -0.342 e. The van der Waals surface area contributed by atoms with Gasteiger partial charge in [-0.1, -0.05) is 67.8 Å². The average Bonchev–Trinajstić information content (AvgIpc) is 3.15. The summed E-state index contributed by atoms with van der Waals surface area (Å²) in [5.41, 5.74) is 0.905. The SMILES string of the molecule is CC(C)(NC(=O)c1nn(S(=O)(=O)C2CCCCC2)c2ccccc12)c1ccccc1. The predicted octanol–water partition coefficient (Wildman–Crippen LogP) is 4.21. The maximum atomic E-state index is 13.3. The van der Waals surface area contributed by atoms with Crippen LogP contribution in [0.1, 0.15) is 62.0 Å². The highest BCUT2D eigenvalue weighted by molar-refractivity contribution is 7.90. The first kappa shape index (κ1) is 20.6. The average molecular weight is 426 g/mol. The van der Waals surface area contributed by atoms with Gasteiger partial charge in [-0.2, -0.15) is 9.19 Å². The lowest BCUT2D eigenvalue weighted by atomic mass is 9.94. The number of hydrogen-bond donors (Lipinski definition) is 1. The molecule has 1 N–H and O–H groups in total. The molecule has 0 spiro atoms. The van der Waals surface area contributed by atoms with Gasteiger partial charge in [0.25, 0.3) is 15.9 Å². The largest absolute Gasteiger partial charge is 0.342 e. The molecule has 1 heterocycles. The number of aromatic nitrogens is 2. The van der Waals surface area contributed by atoms with Gasteiger partial charge in [-0.15, -0.1) is 0 Å². The Hall–Kier alpha value is -2.67. The number of carbonyl (C=O) groups excluding carboxylic acids is 1. The predicted molar refractivity (Wildman–Crippen MR) is 118 cm³/mol. The van der Waals surface area contributed by atoms with Crippen molar-refractivity contribution in [3.05, 3.63) is 65.9 Å². The van der Waals surface area contributed by atoms with Crippen molar-refractivity contribution in [3.63, 3.8) is 0 Å². The zero-order valence-corrected chi connectivity index (χ0v) is 18.2. The first-order valence-corrected chi connectivity index (χ1v) is 11.9. The summed E-state index contributed by atoms with van der Waals surface area (Å²) in [5.74, 6) is -0.391. The van der Waals surface area contributed by atoms with Gasteiger partial charge >= 0.3 is 0 Å². The third-order valence-electron chi connectivity index (χ3n) is 5.91. The molecule has 7 heteroatoms. The van der Waals surface area contributed by atoms with E-state index >= 15 is 0 Å². The first-order chi connectivity index (χ1) is 14.3. The van der Waals surface area contributed by atoms with Gasteiger partial charge in [0.05, 0.1) is 16.3 Å². The third-order valence-corrected chi connectivity index (χ3v) is 7.98. The number of hydrogen-bond acceptors (Lipinski definition) is 4. The van der Waals surface area contributed by atoms with Crippen LogP contribution in [0.5, 0.6) is 0 Å². The second-order valence-electron chi connectivity index (χ2n) is 8.46. The molecule has 1 fully saturated rings. The van der Waals surface area contributed by atoms with E-state index in [0.29, 0.717) is 23.7 Å². The van der Waals surface area contributed by atoms with Gasteiger partial charge in [-0.05, 0) is 38.3 Å². The summed E-state index contributed by atoms with van der Waals surface area (Å²) < 4.78 is 27.7. The van der Waals surface area contributed by atoms with E-state index in [2.05, 4.69) is 10.4 Å². The molecule has 0 radical (unpaired) electrons. The van der Waals surface area contributed by atoms with Crippen LogP contribution in [0.2, 0.25) is 0 Å². The van der Waals surface area contributed by atoms with Crippen molar-refractivity contribution >= 4 is 26.8 Å². The molecule has 1 saturated carbocycles. The molecule has 0 unspecified atom stereocenters. The van der Waals surface area contributed by atoms with Crippen LogP contribution in [0.15, 0.2) is 54.6 Å². The summed E-state index contributed by atoms with van der Waals surface area (Å²) in [6.45, 7) is 3.83. The van der Waals surface area contributed by atoms with E-state index in [1.807, 2.05) is 44.2 Å². The quantitative estimate of drug-likeness (QED) is 0.664. The van der Waals surface area contributed by atoms with Crippen molar-refractivity contribution in [2.24, 2.45) is 0 Å². The second-order valence-corrected chi connectivity index (χ2v) is 10.5. The molecule has 0 saturated heterocycles. The van der Waals surface area contributed by atoms with Gasteiger partial charge in [0.15, 0.2) is 5.69 Å². The van der Waals surface area contributed by atoms with E-state index in [1.54, 1.807) is 24.3 Å². The topological polar surface area (TPSA) is 81.1 Å². The molecule has 0 bridgehead atoms. The molecule has 4 rings (SSSR count). The minimum atomic E-state index is -3.67. The van der Waals surface area contributed by atoms with Crippen LogP contribution in [-0.2, 0) is 15.6 Å². The van der Waals surface area contributed by atoms with E-state index < -0.39 is 26.7 Å².